The normalized spacial score (nSPS) is 12.3. The zero-order valence-electron chi connectivity index (χ0n) is 24.2. The van der Waals surface area contributed by atoms with Crippen molar-refractivity contribution in [1.82, 2.24) is 15.0 Å². The molecule has 1 aliphatic rings. The number of aromatic nitrogens is 3. The SMILES string of the molecule is C1=Cc2cccc(-c3ccc(-c4cc(-c5cccc(-c6cccnc6)c5)nc(-c5ccc6ccccc6c5)n4)cc3)c2CC1. The highest BCUT2D eigenvalue weighted by atomic mass is 14.9. The third-order valence-corrected chi connectivity index (χ3v) is 8.45. The Labute approximate surface area is 257 Å². The van der Waals surface area contributed by atoms with Gasteiger partial charge in [-0.1, -0.05) is 115 Å². The van der Waals surface area contributed by atoms with E-state index >= 15 is 0 Å². The molecular weight excluding hydrogens is 534 g/mol. The van der Waals surface area contributed by atoms with Crippen LogP contribution < -0.4 is 0 Å². The number of nitrogens with zero attached hydrogens (tertiary/aromatic N) is 3. The summed E-state index contributed by atoms with van der Waals surface area (Å²) in [4.78, 5) is 14.6. The van der Waals surface area contributed by atoms with Gasteiger partial charge in [0.1, 0.15) is 0 Å². The molecule has 0 atom stereocenters. The van der Waals surface area contributed by atoms with Crippen molar-refractivity contribution in [1.29, 1.82) is 0 Å². The van der Waals surface area contributed by atoms with Crippen molar-refractivity contribution in [3.8, 4) is 56.2 Å². The fourth-order valence-electron chi connectivity index (χ4n) is 6.16. The van der Waals surface area contributed by atoms with Gasteiger partial charge >= 0.3 is 0 Å². The van der Waals surface area contributed by atoms with E-state index in [9.17, 15) is 0 Å². The number of hydrogen-bond acceptors (Lipinski definition) is 3. The van der Waals surface area contributed by atoms with Gasteiger partial charge in [0.25, 0.3) is 0 Å². The molecule has 7 aromatic rings. The van der Waals surface area contributed by atoms with Crippen LogP contribution in [0, 0.1) is 0 Å². The van der Waals surface area contributed by atoms with Gasteiger partial charge in [0.2, 0.25) is 0 Å². The van der Waals surface area contributed by atoms with E-state index in [0.717, 1.165) is 52.0 Å². The first kappa shape index (κ1) is 26.0. The number of fused-ring (bicyclic) bond motifs is 2. The Hall–Kier alpha value is -5.67. The Kier molecular flexibility index (Phi) is 6.62. The maximum Gasteiger partial charge on any atom is 0.160 e. The molecule has 208 valence electrons. The summed E-state index contributed by atoms with van der Waals surface area (Å²) in [6.45, 7) is 0. The van der Waals surface area contributed by atoms with Crippen LogP contribution in [0.5, 0.6) is 0 Å². The molecule has 0 saturated carbocycles. The van der Waals surface area contributed by atoms with Crippen LogP contribution in [-0.4, -0.2) is 15.0 Å². The highest BCUT2D eigenvalue weighted by molar-refractivity contribution is 5.87. The number of pyridine rings is 1. The average molecular weight is 564 g/mol. The lowest BCUT2D eigenvalue weighted by Gasteiger charge is -2.16. The summed E-state index contributed by atoms with van der Waals surface area (Å²) in [5.41, 5.74) is 12.4. The second kappa shape index (κ2) is 11.2. The quantitative estimate of drug-likeness (QED) is 0.209. The third-order valence-electron chi connectivity index (χ3n) is 8.45. The fourth-order valence-corrected chi connectivity index (χ4v) is 6.16. The van der Waals surface area contributed by atoms with Crippen LogP contribution in [0.15, 0.2) is 146 Å². The molecule has 44 heavy (non-hydrogen) atoms. The Morgan fingerprint density at radius 3 is 2.11 bits per heavy atom. The smallest absolute Gasteiger partial charge is 0.160 e. The molecule has 0 N–H and O–H groups in total. The van der Waals surface area contributed by atoms with Crippen molar-refractivity contribution < 1.29 is 0 Å². The first-order valence-electron chi connectivity index (χ1n) is 15.1. The molecule has 0 radical (unpaired) electrons. The van der Waals surface area contributed by atoms with Crippen LogP contribution in [0.25, 0.3) is 73.0 Å². The van der Waals surface area contributed by atoms with E-state index in [0.29, 0.717) is 5.82 Å². The lowest BCUT2D eigenvalue weighted by molar-refractivity contribution is 0.988. The molecule has 2 heterocycles. The van der Waals surface area contributed by atoms with E-state index in [4.69, 9.17) is 9.97 Å². The molecule has 0 unspecified atom stereocenters. The molecule has 2 aromatic heterocycles. The van der Waals surface area contributed by atoms with Crippen molar-refractivity contribution >= 4 is 16.8 Å². The van der Waals surface area contributed by atoms with Crippen LogP contribution in [0.1, 0.15) is 17.5 Å². The molecule has 0 spiro atoms. The minimum absolute atomic E-state index is 0.711. The van der Waals surface area contributed by atoms with Crippen LogP contribution in [0.3, 0.4) is 0 Å². The molecule has 0 aliphatic heterocycles. The standard InChI is InChI=1S/C41H29N3/c1-2-10-32-25-35(22-17-28(32)8-1)41-43-39(26-40(44-41)34-13-5-12-33(24-34)36-14-7-23-42-27-36)31-20-18-30(19-21-31)38-16-6-11-29-9-3-4-15-37(29)38/h1-3,5-14,16-27H,4,15H2. The second-order valence-electron chi connectivity index (χ2n) is 11.2. The van der Waals surface area contributed by atoms with Crippen molar-refractivity contribution in [2.45, 2.75) is 12.8 Å². The lowest BCUT2D eigenvalue weighted by atomic mass is 9.89. The molecule has 0 saturated heterocycles. The maximum atomic E-state index is 5.13. The fraction of sp³-hybridized carbons (Fsp3) is 0.0488. The first-order chi connectivity index (χ1) is 21.8. The summed E-state index contributed by atoms with van der Waals surface area (Å²) < 4.78 is 0. The lowest BCUT2D eigenvalue weighted by Crippen LogP contribution is -1.98. The molecule has 3 nitrogen and oxygen atoms in total. The summed E-state index contributed by atoms with van der Waals surface area (Å²) in [6, 6.07) is 44.9. The maximum absolute atomic E-state index is 5.13. The van der Waals surface area contributed by atoms with Gasteiger partial charge in [-0.15, -0.1) is 0 Å². The zero-order valence-corrected chi connectivity index (χ0v) is 24.2. The monoisotopic (exact) mass is 563 g/mol. The summed E-state index contributed by atoms with van der Waals surface area (Å²) in [6.07, 6.45) is 10.4. The minimum Gasteiger partial charge on any atom is -0.264 e. The van der Waals surface area contributed by atoms with Gasteiger partial charge in [0.05, 0.1) is 11.4 Å². The van der Waals surface area contributed by atoms with E-state index in [1.54, 1.807) is 6.20 Å². The van der Waals surface area contributed by atoms with Crippen LogP contribution in [0.4, 0.5) is 0 Å². The Balaban J connectivity index is 1.24. The van der Waals surface area contributed by atoms with Gasteiger partial charge in [-0.25, -0.2) is 9.97 Å². The Morgan fingerprint density at radius 1 is 0.500 bits per heavy atom. The second-order valence-corrected chi connectivity index (χ2v) is 11.2. The summed E-state index contributed by atoms with van der Waals surface area (Å²) in [5.74, 6) is 0.711. The summed E-state index contributed by atoms with van der Waals surface area (Å²) in [7, 11) is 0. The van der Waals surface area contributed by atoms with Crippen molar-refractivity contribution in [3.05, 3.63) is 157 Å². The number of benzene rings is 5. The van der Waals surface area contributed by atoms with Gasteiger partial charge in [-0.05, 0) is 75.7 Å². The molecule has 0 fully saturated rings. The summed E-state index contributed by atoms with van der Waals surface area (Å²) >= 11 is 0. The van der Waals surface area contributed by atoms with Gasteiger partial charge in [-0.3, -0.25) is 4.98 Å². The first-order valence-corrected chi connectivity index (χ1v) is 15.1. The van der Waals surface area contributed by atoms with E-state index in [-0.39, 0.29) is 0 Å². The molecule has 8 rings (SSSR count). The van der Waals surface area contributed by atoms with Gasteiger partial charge in [-0.2, -0.15) is 0 Å². The van der Waals surface area contributed by atoms with Gasteiger partial charge < -0.3 is 0 Å². The van der Waals surface area contributed by atoms with Crippen LogP contribution >= 0.6 is 0 Å². The zero-order chi connectivity index (χ0) is 29.3. The molecule has 3 heteroatoms. The van der Waals surface area contributed by atoms with Crippen LogP contribution in [0.2, 0.25) is 0 Å². The predicted molar refractivity (Wildman–Crippen MR) is 182 cm³/mol. The predicted octanol–water partition coefficient (Wildman–Crippen LogP) is 10.3. The Bertz CT molecular complexity index is 2160. The number of allylic oxidation sites excluding steroid dienone is 1. The largest absolute Gasteiger partial charge is 0.264 e. The minimum atomic E-state index is 0.711. The van der Waals surface area contributed by atoms with Crippen molar-refractivity contribution in [2.75, 3.05) is 0 Å². The average Bonchev–Trinajstić information content (AvgIpc) is 3.11. The van der Waals surface area contributed by atoms with Gasteiger partial charge in [0, 0.05) is 34.6 Å². The van der Waals surface area contributed by atoms with E-state index in [2.05, 4.69) is 138 Å². The summed E-state index contributed by atoms with van der Waals surface area (Å²) in [5, 5.41) is 2.37. The Morgan fingerprint density at radius 2 is 1.25 bits per heavy atom. The van der Waals surface area contributed by atoms with E-state index < -0.39 is 0 Å². The van der Waals surface area contributed by atoms with Crippen LogP contribution in [-0.2, 0) is 6.42 Å². The topological polar surface area (TPSA) is 38.7 Å². The van der Waals surface area contributed by atoms with Crippen molar-refractivity contribution in [3.63, 3.8) is 0 Å². The van der Waals surface area contributed by atoms with E-state index in [1.807, 2.05) is 12.3 Å². The molecule has 5 aromatic carbocycles. The molecule has 0 amide bonds. The molecular formula is C41H29N3. The molecule has 0 bridgehead atoms. The number of hydrogen-bond donors (Lipinski definition) is 0. The third kappa shape index (κ3) is 4.99. The van der Waals surface area contributed by atoms with Crippen molar-refractivity contribution in [2.24, 2.45) is 0 Å². The molecule has 1 aliphatic carbocycles. The van der Waals surface area contributed by atoms with E-state index in [1.165, 1.54) is 33.0 Å². The highest BCUT2D eigenvalue weighted by Gasteiger charge is 2.14. The highest BCUT2D eigenvalue weighted by Crippen LogP contribution is 2.34. The van der Waals surface area contributed by atoms with Gasteiger partial charge in [0.15, 0.2) is 5.82 Å². The number of rotatable bonds is 5.